The molecule has 1 heterocycles. The van der Waals surface area contributed by atoms with Crippen LogP contribution in [-0.2, 0) is 4.74 Å². The molecule has 0 saturated carbocycles. The minimum absolute atomic E-state index is 0.313. The van der Waals surface area contributed by atoms with Gasteiger partial charge >= 0.3 is 0 Å². The van der Waals surface area contributed by atoms with E-state index in [4.69, 9.17) is 16.3 Å². The summed E-state index contributed by atoms with van der Waals surface area (Å²) in [6.07, 6.45) is 0.313. The van der Waals surface area contributed by atoms with Gasteiger partial charge in [-0.3, -0.25) is 0 Å². The van der Waals surface area contributed by atoms with Gasteiger partial charge in [0.15, 0.2) is 0 Å². The summed E-state index contributed by atoms with van der Waals surface area (Å²) in [5.41, 5.74) is 0. The first-order valence-electron chi connectivity index (χ1n) is 5.73. The van der Waals surface area contributed by atoms with E-state index in [1.807, 2.05) is 0 Å². The number of alkyl halides is 1. The van der Waals surface area contributed by atoms with Gasteiger partial charge < -0.3 is 15.0 Å². The second-order valence-electron chi connectivity index (χ2n) is 4.67. The molecule has 0 amide bonds. The standard InChI is InChI=1S/C11H23ClN2O/c1-9(2)11(6-12)13-7-10-8-14(3)4-5-15-10/h9-11,13H,4-8H2,1-3H3. The molecule has 90 valence electrons. The van der Waals surface area contributed by atoms with Crippen LogP contribution in [0.1, 0.15) is 13.8 Å². The number of hydrogen-bond acceptors (Lipinski definition) is 3. The lowest BCUT2D eigenvalue weighted by Crippen LogP contribution is -2.48. The molecule has 1 saturated heterocycles. The van der Waals surface area contributed by atoms with Gasteiger partial charge in [0.05, 0.1) is 12.7 Å². The zero-order valence-electron chi connectivity index (χ0n) is 10.0. The van der Waals surface area contributed by atoms with E-state index >= 15 is 0 Å². The molecule has 1 aliphatic heterocycles. The fraction of sp³-hybridized carbons (Fsp3) is 1.00. The first-order chi connectivity index (χ1) is 7.13. The van der Waals surface area contributed by atoms with E-state index in [0.29, 0.717) is 23.9 Å². The van der Waals surface area contributed by atoms with Crippen molar-refractivity contribution in [3.63, 3.8) is 0 Å². The summed E-state index contributed by atoms with van der Waals surface area (Å²) in [5.74, 6) is 1.24. The molecule has 1 rings (SSSR count). The molecule has 2 unspecified atom stereocenters. The molecule has 1 fully saturated rings. The first-order valence-corrected chi connectivity index (χ1v) is 6.26. The lowest BCUT2D eigenvalue weighted by Gasteiger charge is -2.31. The van der Waals surface area contributed by atoms with Crippen LogP contribution in [0, 0.1) is 5.92 Å². The van der Waals surface area contributed by atoms with Crippen LogP contribution >= 0.6 is 11.6 Å². The van der Waals surface area contributed by atoms with E-state index in [0.717, 1.165) is 26.2 Å². The maximum absolute atomic E-state index is 5.90. The molecule has 3 nitrogen and oxygen atoms in total. The van der Waals surface area contributed by atoms with Crippen molar-refractivity contribution in [2.45, 2.75) is 26.0 Å². The molecule has 0 aromatic rings. The van der Waals surface area contributed by atoms with E-state index in [9.17, 15) is 0 Å². The number of ether oxygens (including phenoxy) is 1. The molecule has 1 N–H and O–H groups in total. The number of likely N-dealkylation sites (N-methyl/N-ethyl adjacent to an activating group) is 1. The highest BCUT2D eigenvalue weighted by molar-refractivity contribution is 6.18. The van der Waals surface area contributed by atoms with E-state index in [1.165, 1.54) is 0 Å². The summed E-state index contributed by atoms with van der Waals surface area (Å²) >= 11 is 5.90. The Labute approximate surface area is 98.1 Å². The number of hydrogen-bond donors (Lipinski definition) is 1. The van der Waals surface area contributed by atoms with Gasteiger partial charge in [-0.05, 0) is 13.0 Å². The van der Waals surface area contributed by atoms with Crippen molar-refractivity contribution < 1.29 is 4.74 Å². The van der Waals surface area contributed by atoms with Gasteiger partial charge in [0.2, 0.25) is 0 Å². The molecule has 1 aliphatic rings. The highest BCUT2D eigenvalue weighted by Crippen LogP contribution is 2.06. The third-order valence-corrected chi connectivity index (χ3v) is 3.25. The van der Waals surface area contributed by atoms with E-state index in [-0.39, 0.29) is 0 Å². The van der Waals surface area contributed by atoms with Crippen LogP contribution in [0.25, 0.3) is 0 Å². The zero-order chi connectivity index (χ0) is 11.3. The van der Waals surface area contributed by atoms with Crippen LogP contribution in [0.5, 0.6) is 0 Å². The maximum atomic E-state index is 5.90. The van der Waals surface area contributed by atoms with Crippen molar-refractivity contribution >= 4 is 11.6 Å². The van der Waals surface area contributed by atoms with Crippen molar-refractivity contribution in [3.05, 3.63) is 0 Å². The molecule has 15 heavy (non-hydrogen) atoms. The van der Waals surface area contributed by atoms with Gasteiger partial charge in [0, 0.05) is 31.6 Å². The Balaban J connectivity index is 2.23. The Hall–Kier alpha value is 0.170. The lowest BCUT2D eigenvalue weighted by atomic mass is 10.1. The van der Waals surface area contributed by atoms with Crippen molar-refractivity contribution in [2.24, 2.45) is 5.92 Å². The van der Waals surface area contributed by atoms with Gasteiger partial charge in [-0.2, -0.15) is 0 Å². The molecule has 0 aromatic carbocycles. The van der Waals surface area contributed by atoms with Crippen LogP contribution < -0.4 is 5.32 Å². The molecule has 0 aromatic heterocycles. The molecule has 0 spiro atoms. The van der Waals surface area contributed by atoms with Gasteiger partial charge in [-0.25, -0.2) is 0 Å². The number of halogens is 1. The topological polar surface area (TPSA) is 24.5 Å². The SMILES string of the molecule is CC(C)C(CCl)NCC1CN(C)CCO1. The van der Waals surface area contributed by atoms with Crippen LogP contribution in [0.2, 0.25) is 0 Å². The summed E-state index contributed by atoms with van der Waals surface area (Å²) in [6.45, 7) is 8.18. The summed E-state index contributed by atoms with van der Waals surface area (Å²) in [6, 6.07) is 0.391. The summed E-state index contributed by atoms with van der Waals surface area (Å²) in [5, 5.41) is 3.48. The average Bonchev–Trinajstić information content (AvgIpc) is 2.18. The Morgan fingerprint density at radius 2 is 2.27 bits per heavy atom. The maximum Gasteiger partial charge on any atom is 0.0826 e. The summed E-state index contributed by atoms with van der Waals surface area (Å²) in [7, 11) is 2.14. The highest BCUT2D eigenvalue weighted by Gasteiger charge is 2.19. The molecule has 0 radical (unpaired) electrons. The van der Waals surface area contributed by atoms with Gasteiger partial charge in [0.25, 0.3) is 0 Å². The minimum atomic E-state index is 0.313. The smallest absolute Gasteiger partial charge is 0.0826 e. The Morgan fingerprint density at radius 1 is 1.53 bits per heavy atom. The van der Waals surface area contributed by atoms with E-state index in [1.54, 1.807) is 0 Å². The molecule has 4 heteroatoms. The predicted octanol–water partition coefficient (Wildman–Crippen LogP) is 1.17. The van der Waals surface area contributed by atoms with Crippen LogP contribution in [-0.4, -0.2) is 56.2 Å². The van der Waals surface area contributed by atoms with Gasteiger partial charge in [0.1, 0.15) is 0 Å². The van der Waals surface area contributed by atoms with Crippen LogP contribution in [0.15, 0.2) is 0 Å². The minimum Gasteiger partial charge on any atom is -0.374 e. The predicted molar refractivity (Wildman–Crippen MR) is 64.6 cm³/mol. The van der Waals surface area contributed by atoms with Crippen molar-refractivity contribution in [3.8, 4) is 0 Å². The molecular weight excluding hydrogens is 212 g/mol. The second-order valence-corrected chi connectivity index (χ2v) is 4.98. The van der Waals surface area contributed by atoms with E-state index in [2.05, 4.69) is 31.1 Å². The van der Waals surface area contributed by atoms with Gasteiger partial charge in [-0.15, -0.1) is 11.6 Å². The summed E-state index contributed by atoms with van der Waals surface area (Å²) in [4.78, 5) is 2.31. The molecule has 2 atom stereocenters. The second kappa shape index (κ2) is 6.69. The summed E-state index contributed by atoms with van der Waals surface area (Å²) < 4.78 is 5.68. The number of morpholine rings is 1. The van der Waals surface area contributed by atoms with Crippen molar-refractivity contribution in [1.29, 1.82) is 0 Å². The van der Waals surface area contributed by atoms with Crippen LogP contribution in [0.4, 0.5) is 0 Å². The Kier molecular flexibility index (Phi) is 5.90. The van der Waals surface area contributed by atoms with E-state index < -0.39 is 0 Å². The molecule has 0 aliphatic carbocycles. The zero-order valence-corrected chi connectivity index (χ0v) is 10.8. The quantitative estimate of drug-likeness (QED) is 0.723. The average molecular weight is 235 g/mol. The third kappa shape index (κ3) is 4.68. The number of nitrogens with zero attached hydrogens (tertiary/aromatic N) is 1. The largest absolute Gasteiger partial charge is 0.374 e. The normalized spacial score (nSPS) is 25.8. The lowest BCUT2D eigenvalue weighted by molar-refractivity contribution is -0.0195. The van der Waals surface area contributed by atoms with Crippen LogP contribution in [0.3, 0.4) is 0 Å². The molecular formula is C11H23ClN2O. The Morgan fingerprint density at radius 3 is 2.80 bits per heavy atom. The number of rotatable bonds is 5. The monoisotopic (exact) mass is 234 g/mol. The molecule has 0 bridgehead atoms. The van der Waals surface area contributed by atoms with Crippen molar-refractivity contribution in [1.82, 2.24) is 10.2 Å². The van der Waals surface area contributed by atoms with Gasteiger partial charge in [-0.1, -0.05) is 13.8 Å². The first kappa shape index (κ1) is 13.2. The third-order valence-electron chi connectivity index (χ3n) is 2.92. The number of nitrogens with one attached hydrogen (secondary N) is 1. The Bertz CT molecular complexity index is 178. The highest BCUT2D eigenvalue weighted by atomic mass is 35.5. The fourth-order valence-corrected chi connectivity index (χ4v) is 2.21. The fourth-order valence-electron chi connectivity index (χ4n) is 1.74. The van der Waals surface area contributed by atoms with Crippen molar-refractivity contribution in [2.75, 3.05) is 39.2 Å².